The van der Waals surface area contributed by atoms with Crippen molar-refractivity contribution in [3.63, 3.8) is 0 Å². The summed E-state index contributed by atoms with van der Waals surface area (Å²) >= 11 is 0. The normalized spacial score (nSPS) is 13.6. The molecule has 0 saturated carbocycles. The zero-order valence-electron chi connectivity index (χ0n) is 14.6. The van der Waals surface area contributed by atoms with Crippen molar-refractivity contribution in [3.05, 3.63) is 65.2 Å². The quantitative estimate of drug-likeness (QED) is 0.364. The number of rotatable bonds is 2. The first kappa shape index (κ1) is 15.0. The molecular formula is C22H20N4. The van der Waals surface area contributed by atoms with Gasteiger partial charge in [-0.3, -0.25) is 5.41 Å². The van der Waals surface area contributed by atoms with Crippen molar-refractivity contribution in [1.29, 1.82) is 5.41 Å². The standard InChI is InChI=1S/C22H20N4/c1-26(22(23)25-17-8-9-19-16(13-17)11-12-24-19)20-10-7-15-6-5-14-3-2-4-18(20)21(14)15/h2-10,13,24H,11-12H2,1H3,(H2,23,25). The maximum atomic E-state index is 8.55. The highest BCUT2D eigenvalue weighted by molar-refractivity contribution is 6.14. The summed E-state index contributed by atoms with van der Waals surface area (Å²) in [5.41, 5.74) is 7.00. The summed E-state index contributed by atoms with van der Waals surface area (Å²) in [6, 6.07) is 16.8. The van der Waals surface area contributed by atoms with Crippen LogP contribution >= 0.6 is 0 Å². The first-order valence-corrected chi connectivity index (χ1v) is 8.90. The molecule has 3 N–H and O–H groups in total. The summed E-state index contributed by atoms with van der Waals surface area (Å²) in [5, 5.41) is 17.6. The van der Waals surface area contributed by atoms with Crippen LogP contribution in [0.4, 0.5) is 17.1 Å². The van der Waals surface area contributed by atoms with Crippen LogP contribution in [0.2, 0.25) is 0 Å². The minimum atomic E-state index is 0.363. The number of nitrogens with zero attached hydrogens (tertiary/aromatic N) is 1. The smallest absolute Gasteiger partial charge is 0.199 e. The lowest BCUT2D eigenvalue weighted by Crippen LogP contribution is -2.32. The Morgan fingerprint density at radius 1 is 1.08 bits per heavy atom. The monoisotopic (exact) mass is 340 g/mol. The largest absolute Gasteiger partial charge is 0.384 e. The summed E-state index contributed by atoms with van der Waals surface area (Å²) in [4.78, 5) is 1.91. The van der Waals surface area contributed by atoms with Crippen LogP contribution in [-0.2, 0) is 6.42 Å². The molecule has 5 rings (SSSR count). The molecule has 1 aliphatic carbocycles. The fraction of sp³-hybridized carbons (Fsp3) is 0.136. The Bertz CT molecular complexity index is 1070. The molecule has 1 aliphatic heterocycles. The second-order valence-electron chi connectivity index (χ2n) is 6.86. The number of fused-ring (bicyclic) bond motifs is 1. The summed E-state index contributed by atoms with van der Waals surface area (Å²) < 4.78 is 0. The molecule has 0 bridgehead atoms. The number of hydrogen-bond acceptors (Lipinski definition) is 2. The van der Waals surface area contributed by atoms with Gasteiger partial charge in [0.05, 0.1) is 5.69 Å². The van der Waals surface area contributed by atoms with Crippen LogP contribution in [0.3, 0.4) is 0 Å². The van der Waals surface area contributed by atoms with E-state index in [1.165, 1.54) is 33.2 Å². The molecule has 26 heavy (non-hydrogen) atoms. The third kappa shape index (κ3) is 2.26. The predicted octanol–water partition coefficient (Wildman–Crippen LogP) is 4.77. The van der Waals surface area contributed by atoms with E-state index in [4.69, 9.17) is 5.41 Å². The number of hydrogen-bond donors (Lipinski definition) is 3. The Balaban J connectivity index is 1.46. The molecule has 1 heterocycles. The number of guanidine groups is 1. The summed E-state index contributed by atoms with van der Waals surface area (Å²) in [6.07, 6.45) is 5.35. The van der Waals surface area contributed by atoms with Gasteiger partial charge in [-0.25, -0.2) is 0 Å². The van der Waals surface area contributed by atoms with E-state index < -0.39 is 0 Å². The van der Waals surface area contributed by atoms with Crippen molar-refractivity contribution in [2.45, 2.75) is 6.42 Å². The molecule has 0 radical (unpaired) electrons. The fourth-order valence-electron chi connectivity index (χ4n) is 3.92. The average Bonchev–Trinajstić information content (AvgIpc) is 3.29. The molecule has 128 valence electrons. The Labute approximate surface area is 152 Å². The van der Waals surface area contributed by atoms with Crippen LogP contribution in [0.15, 0.2) is 48.5 Å². The average molecular weight is 340 g/mol. The van der Waals surface area contributed by atoms with Gasteiger partial charge in [0.2, 0.25) is 0 Å². The van der Waals surface area contributed by atoms with E-state index in [2.05, 4.69) is 65.3 Å². The zero-order chi connectivity index (χ0) is 17.7. The van der Waals surface area contributed by atoms with E-state index in [1.54, 1.807) is 0 Å². The van der Waals surface area contributed by atoms with Gasteiger partial charge in [-0.1, -0.05) is 36.4 Å². The van der Waals surface area contributed by atoms with E-state index in [0.717, 1.165) is 24.3 Å². The molecule has 2 aliphatic rings. The molecule has 0 fully saturated rings. The molecule has 0 unspecified atom stereocenters. The van der Waals surface area contributed by atoms with E-state index in [1.807, 2.05) is 18.0 Å². The van der Waals surface area contributed by atoms with Gasteiger partial charge >= 0.3 is 0 Å². The van der Waals surface area contributed by atoms with Gasteiger partial charge in [-0.2, -0.15) is 0 Å². The number of benzene rings is 3. The molecule has 3 aromatic rings. The van der Waals surface area contributed by atoms with Gasteiger partial charge in [0.25, 0.3) is 0 Å². The van der Waals surface area contributed by atoms with Gasteiger partial charge in [0, 0.05) is 30.4 Å². The summed E-state index contributed by atoms with van der Waals surface area (Å²) in [7, 11) is 1.94. The molecule has 0 aromatic heterocycles. The Morgan fingerprint density at radius 2 is 1.92 bits per heavy atom. The lowest BCUT2D eigenvalue weighted by atomic mass is 10.0. The van der Waals surface area contributed by atoms with Gasteiger partial charge in [-0.15, -0.1) is 0 Å². The van der Waals surface area contributed by atoms with E-state index in [-0.39, 0.29) is 0 Å². The predicted molar refractivity (Wildman–Crippen MR) is 111 cm³/mol. The minimum absolute atomic E-state index is 0.363. The number of nitrogens with one attached hydrogen (secondary N) is 3. The Morgan fingerprint density at radius 3 is 2.81 bits per heavy atom. The molecule has 3 aromatic carbocycles. The van der Waals surface area contributed by atoms with Crippen LogP contribution in [-0.4, -0.2) is 19.6 Å². The van der Waals surface area contributed by atoms with Crippen molar-refractivity contribution < 1.29 is 0 Å². The van der Waals surface area contributed by atoms with Crippen molar-refractivity contribution in [3.8, 4) is 0 Å². The first-order valence-electron chi connectivity index (χ1n) is 8.90. The van der Waals surface area contributed by atoms with Crippen molar-refractivity contribution in [1.82, 2.24) is 0 Å². The SMILES string of the molecule is CN(C(=N)Nc1ccc2c(c1)CCN2)c1ccc2c3c(cccc13)C=C2. The molecule has 4 nitrogen and oxygen atoms in total. The molecule has 4 heteroatoms. The van der Waals surface area contributed by atoms with E-state index >= 15 is 0 Å². The van der Waals surface area contributed by atoms with Crippen LogP contribution in [0, 0.1) is 5.41 Å². The van der Waals surface area contributed by atoms with Crippen LogP contribution in [0.1, 0.15) is 16.7 Å². The van der Waals surface area contributed by atoms with E-state index in [9.17, 15) is 0 Å². The highest BCUT2D eigenvalue weighted by Crippen LogP contribution is 2.36. The van der Waals surface area contributed by atoms with Gasteiger partial charge < -0.3 is 15.5 Å². The maximum Gasteiger partial charge on any atom is 0.199 e. The lowest BCUT2D eigenvalue weighted by Gasteiger charge is -2.23. The van der Waals surface area contributed by atoms with Crippen molar-refractivity contribution >= 4 is 45.9 Å². The van der Waals surface area contributed by atoms with Gasteiger partial charge in [-0.05, 0) is 52.8 Å². The highest BCUT2D eigenvalue weighted by Gasteiger charge is 2.17. The Hall–Kier alpha value is -3.27. The second kappa shape index (κ2) is 5.63. The molecule has 0 amide bonds. The van der Waals surface area contributed by atoms with Crippen LogP contribution in [0.25, 0.3) is 22.9 Å². The molecule has 0 atom stereocenters. The molecule has 0 spiro atoms. The fourth-order valence-corrected chi connectivity index (χ4v) is 3.92. The maximum absolute atomic E-state index is 8.55. The topological polar surface area (TPSA) is 51.2 Å². The first-order chi connectivity index (χ1) is 12.7. The van der Waals surface area contributed by atoms with Crippen LogP contribution < -0.4 is 15.5 Å². The highest BCUT2D eigenvalue weighted by atomic mass is 15.3. The zero-order valence-corrected chi connectivity index (χ0v) is 14.6. The lowest BCUT2D eigenvalue weighted by molar-refractivity contribution is 1.11. The summed E-state index contributed by atoms with van der Waals surface area (Å²) in [5.74, 6) is 0.363. The molecular weight excluding hydrogens is 320 g/mol. The minimum Gasteiger partial charge on any atom is -0.384 e. The van der Waals surface area contributed by atoms with E-state index in [0.29, 0.717) is 5.96 Å². The molecule has 0 saturated heterocycles. The summed E-state index contributed by atoms with van der Waals surface area (Å²) in [6.45, 7) is 0.991. The third-order valence-electron chi connectivity index (χ3n) is 5.30. The Kier molecular flexibility index (Phi) is 3.25. The second-order valence-corrected chi connectivity index (χ2v) is 6.86. The number of anilines is 3. The third-order valence-corrected chi connectivity index (χ3v) is 5.30. The van der Waals surface area contributed by atoms with Crippen molar-refractivity contribution in [2.75, 3.05) is 29.1 Å². The van der Waals surface area contributed by atoms with Crippen molar-refractivity contribution in [2.24, 2.45) is 0 Å². The van der Waals surface area contributed by atoms with Gasteiger partial charge in [0.1, 0.15) is 0 Å². The van der Waals surface area contributed by atoms with Crippen LogP contribution in [0.5, 0.6) is 0 Å². The van der Waals surface area contributed by atoms with Gasteiger partial charge in [0.15, 0.2) is 5.96 Å².